The third-order valence-electron chi connectivity index (χ3n) is 3.41. The van der Waals surface area contributed by atoms with Gasteiger partial charge in [0.05, 0.1) is 5.02 Å². The Morgan fingerprint density at radius 3 is 2.78 bits per heavy atom. The van der Waals surface area contributed by atoms with Crippen LogP contribution in [0.15, 0.2) is 36.4 Å². The number of ether oxygens (including phenoxy) is 3. The van der Waals surface area contributed by atoms with Crippen LogP contribution in [0.4, 0.5) is 14.5 Å². The summed E-state index contributed by atoms with van der Waals surface area (Å²) in [5.74, 6) is -2.71. The summed E-state index contributed by atoms with van der Waals surface area (Å²) < 4.78 is 41.1. The van der Waals surface area contributed by atoms with E-state index in [-0.39, 0.29) is 12.5 Å². The number of halogens is 3. The highest BCUT2D eigenvalue weighted by Crippen LogP contribution is 2.40. The molecule has 0 saturated heterocycles. The average molecular weight is 396 g/mol. The van der Waals surface area contributed by atoms with Crippen LogP contribution in [0.3, 0.4) is 0 Å². The highest BCUT2D eigenvalue weighted by Gasteiger charge is 2.17. The van der Waals surface area contributed by atoms with E-state index in [2.05, 4.69) is 5.32 Å². The van der Waals surface area contributed by atoms with Crippen molar-refractivity contribution in [1.29, 1.82) is 0 Å². The van der Waals surface area contributed by atoms with E-state index in [4.69, 9.17) is 25.8 Å². The summed E-state index contributed by atoms with van der Waals surface area (Å²) in [5.41, 5.74) is 0.618. The fraction of sp³-hybridized carbons (Fsp3) is 0.111. The monoisotopic (exact) mass is 395 g/mol. The largest absolute Gasteiger partial charge is 0.454 e. The molecule has 0 radical (unpaired) electrons. The number of rotatable bonds is 5. The second kappa shape index (κ2) is 8.05. The lowest BCUT2D eigenvalue weighted by molar-refractivity contribution is -0.142. The molecule has 0 spiro atoms. The molecule has 6 nitrogen and oxygen atoms in total. The van der Waals surface area contributed by atoms with Crippen LogP contribution in [-0.2, 0) is 14.3 Å². The smallest absolute Gasteiger partial charge is 0.331 e. The number of carbonyl (C=O) groups excluding carboxylic acids is 2. The molecule has 1 amide bonds. The van der Waals surface area contributed by atoms with Crippen molar-refractivity contribution in [1.82, 2.24) is 0 Å². The molecule has 27 heavy (non-hydrogen) atoms. The highest BCUT2D eigenvalue weighted by atomic mass is 35.5. The number of anilines is 1. The Morgan fingerprint density at radius 1 is 1.19 bits per heavy atom. The Bertz CT molecular complexity index is 932. The van der Waals surface area contributed by atoms with Crippen molar-refractivity contribution in [2.75, 3.05) is 18.7 Å². The van der Waals surface area contributed by atoms with Crippen LogP contribution in [0.25, 0.3) is 6.08 Å². The first-order chi connectivity index (χ1) is 12.9. The Morgan fingerprint density at radius 2 is 2.00 bits per heavy atom. The van der Waals surface area contributed by atoms with E-state index in [1.165, 1.54) is 12.1 Å². The Balaban J connectivity index is 1.52. The van der Waals surface area contributed by atoms with Gasteiger partial charge in [0.2, 0.25) is 6.79 Å². The SMILES string of the molecule is O=C(COC(=O)/C=C/c1cc(Cl)c2c(c1)OCO2)Nc1ccc(F)c(F)c1. The molecular formula is C18H12ClF2NO5. The number of hydrogen-bond acceptors (Lipinski definition) is 5. The summed E-state index contributed by atoms with van der Waals surface area (Å²) >= 11 is 6.03. The fourth-order valence-electron chi connectivity index (χ4n) is 2.20. The molecule has 0 bridgehead atoms. The van der Waals surface area contributed by atoms with Gasteiger partial charge in [0.1, 0.15) is 0 Å². The molecule has 140 valence electrons. The van der Waals surface area contributed by atoms with Gasteiger partial charge in [-0.1, -0.05) is 11.6 Å². The predicted octanol–water partition coefficient (Wildman–Crippen LogP) is 3.54. The number of nitrogens with one attached hydrogen (secondary N) is 1. The van der Waals surface area contributed by atoms with E-state index < -0.39 is 30.1 Å². The first-order valence-electron chi connectivity index (χ1n) is 7.61. The molecule has 1 heterocycles. The van der Waals surface area contributed by atoms with Gasteiger partial charge in [-0.25, -0.2) is 13.6 Å². The zero-order chi connectivity index (χ0) is 19.4. The predicted molar refractivity (Wildman–Crippen MR) is 92.6 cm³/mol. The van der Waals surface area contributed by atoms with Crippen molar-refractivity contribution in [3.05, 3.63) is 58.6 Å². The van der Waals surface area contributed by atoms with Gasteiger partial charge in [-0.3, -0.25) is 4.79 Å². The van der Waals surface area contributed by atoms with Crippen molar-refractivity contribution >= 4 is 35.2 Å². The van der Waals surface area contributed by atoms with Gasteiger partial charge >= 0.3 is 5.97 Å². The summed E-state index contributed by atoms with van der Waals surface area (Å²) in [5, 5.41) is 2.62. The Labute approximate surface area is 157 Å². The lowest BCUT2D eigenvalue weighted by atomic mass is 10.2. The summed E-state index contributed by atoms with van der Waals surface area (Å²) in [7, 11) is 0. The molecule has 9 heteroatoms. The van der Waals surface area contributed by atoms with Gasteiger partial charge in [0.15, 0.2) is 29.7 Å². The lowest BCUT2D eigenvalue weighted by Crippen LogP contribution is -2.20. The minimum atomic E-state index is -1.10. The summed E-state index contributed by atoms with van der Waals surface area (Å²) in [6.07, 6.45) is 2.54. The molecule has 2 aromatic rings. The Hall–Kier alpha value is -3.13. The van der Waals surface area contributed by atoms with Crippen LogP contribution in [0.5, 0.6) is 11.5 Å². The zero-order valence-electron chi connectivity index (χ0n) is 13.6. The third-order valence-corrected chi connectivity index (χ3v) is 3.69. The number of esters is 1. The minimum absolute atomic E-state index is 0.0421. The molecule has 0 fully saturated rings. The van der Waals surface area contributed by atoms with E-state index in [1.54, 1.807) is 12.1 Å². The molecule has 3 rings (SSSR count). The van der Waals surface area contributed by atoms with E-state index >= 15 is 0 Å². The van der Waals surface area contributed by atoms with E-state index in [1.807, 2.05) is 0 Å². The lowest BCUT2D eigenvalue weighted by Gasteiger charge is -2.06. The molecule has 1 aliphatic heterocycles. The van der Waals surface area contributed by atoms with Gasteiger partial charge in [-0.15, -0.1) is 0 Å². The van der Waals surface area contributed by atoms with Crippen molar-refractivity contribution in [2.24, 2.45) is 0 Å². The first kappa shape index (κ1) is 18.7. The van der Waals surface area contributed by atoms with Crippen LogP contribution in [0.1, 0.15) is 5.56 Å². The average Bonchev–Trinajstić information content (AvgIpc) is 3.10. The number of amides is 1. The third kappa shape index (κ3) is 4.73. The van der Waals surface area contributed by atoms with E-state index in [0.29, 0.717) is 22.1 Å². The summed E-state index contributed by atoms with van der Waals surface area (Å²) in [4.78, 5) is 23.4. The number of fused-ring (bicyclic) bond motifs is 1. The topological polar surface area (TPSA) is 73.9 Å². The molecule has 1 N–H and O–H groups in total. The first-order valence-corrected chi connectivity index (χ1v) is 7.99. The zero-order valence-corrected chi connectivity index (χ0v) is 14.4. The van der Waals surface area contributed by atoms with E-state index in [9.17, 15) is 18.4 Å². The molecule has 0 unspecified atom stereocenters. The summed E-state index contributed by atoms with van der Waals surface area (Å²) in [6.45, 7) is -0.526. The summed E-state index contributed by atoms with van der Waals surface area (Å²) in [6, 6.07) is 6.08. The molecule has 2 aromatic carbocycles. The van der Waals surface area contributed by atoms with Crippen molar-refractivity contribution < 1.29 is 32.6 Å². The van der Waals surface area contributed by atoms with Gasteiger partial charge in [0.25, 0.3) is 5.91 Å². The van der Waals surface area contributed by atoms with Crippen molar-refractivity contribution in [3.8, 4) is 11.5 Å². The van der Waals surface area contributed by atoms with Crippen molar-refractivity contribution in [2.45, 2.75) is 0 Å². The molecule has 0 saturated carbocycles. The normalized spacial score (nSPS) is 12.3. The maximum Gasteiger partial charge on any atom is 0.331 e. The van der Waals surface area contributed by atoms with Gasteiger partial charge in [-0.2, -0.15) is 0 Å². The minimum Gasteiger partial charge on any atom is -0.454 e. The van der Waals surface area contributed by atoms with Crippen molar-refractivity contribution in [3.63, 3.8) is 0 Å². The van der Waals surface area contributed by atoms with Crippen LogP contribution < -0.4 is 14.8 Å². The highest BCUT2D eigenvalue weighted by molar-refractivity contribution is 6.32. The molecular weight excluding hydrogens is 384 g/mol. The van der Waals surface area contributed by atoms with Gasteiger partial charge in [0, 0.05) is 17.8 Å². The fourth-order valence-corrected chi connectivity index (χ4v) is 2.48. The maximum atomic E-state index is 13.1. The van der Waals surface area contributed by atoms with Crippen LogP contribution in [0, 0.1) is 11.6 Å². The quantitative estimate of drug-likeness (QED) is 0.619. The van der Waals surface area contributed by atoms with Crippen LogP contribution in [-0.4, -0.2) is 25.3 Å². The van der Waals surface area contributed by atoms with E-state index in [0.717, 1.165) is 18.2 Å². The molecule has 0 atom stereocenters. The molecule has 0 aliphatic carbocycles. The number of benzene rings is 2. The van der Waals surface area contributed by atoms with Gasteiger partial charge < -0.3 is 19.5 Å². The molecule has 0 aromatic heterocycles. The second-order valence-corrected chi connectivity index (χ2v) is 5.76. The number of carbonyl (C=O) groups is 2. The van der Waals surface area contributed by atoms with Gasteiger partial charge in [-0.05, 0) is 35.9 Å². The molecule has 1 aliphatic rings. The number of hydrogen-bond donors (Lipinski definition) is 1. The van der Waals surface area contributed by atoms with Crippen LogP contribution in [0.2, 0.25) is 5.02 Å². The maximum absolute atomic E-state index is 13.1. The van der Waals surface area contributed by atoms with Crippen LogP contribution >= 0.6 is 11.6 Å². The second-order valence-electron chi connectivity index (χ2n) is 5.35. The standard InChI is InChI=1S/C18H12ClF2NO5/c19-12-5-10(6-15-18(12)27-9-26-15)1-4-17(24)25-8-16(23)22-11-2-3-13(20)14(21)7-11/h1-7H,8-9H2,(H,22,23)/b4-1+. The Kier molecular flexibility index (Phi) is 5.56.